The number of piperidine rings is 1. The summed E-state index contributed by atoms with van der Waals surface area (Å²) < 4.78 is 0. The second-order valence-electron chi connectivity index (χ2n) is 3.73. The van der Waals surface area contributed by atoms with Crippen molar-refractivity contribution >= 4 is 0 Å². The molecule has 0 spiro atoms. The van der Waals surface area contributed by atoms with Gasteiger partial charge in [-0.25, -0.2) is 0 Å². The van der Waals surface area contributed by atoms with Crippen molar-refractivity contribution in [1.29, 1.82) is 0 Å². The zero-order valence-corrected chi connectivity index (χ0v) is 7.55. The smallest absolute Gasteiger partial charge is 0 e. The lowest BCUT2D eigenvalue weighted by molar-refractivity contribution is 0.411. The van der Waals surface area contributed by atoms with Gasteiger partial charge in [0.05, 0.1) is 0 Å². The second kappa shape index (κ2) is 3.90. The van der Waals surface area contributed by atoms with Crippen molar-refractivity contribution in [2.75, 3.05) is 13.1 Å². The van der Waals surface area contributed by atoms with Crippen molar-refractivity contribution in [3.63, 3.8) is 0 Å². The molecular weight excluding hydrogens is 146 g/mol. The molecule has 0 aromatic heterocycles. The summed E-state index contributed by atoms with van der Waals surface area (Å²) in [5.74, 6) is 0.885. The fraction of sp³-hybridized carbons (Fsp3) is 0.636. The molecule has 1 nitrogen and oxygen atoms in total. The highest BCUT2D eigenvalue weighted by Crippen LogP contribution is 2.27. The van der Waals surface area contributed by atoms with Crippen LogP contribution >= 0.6 is 0 Å². The molecule has 12 heavy (non-hydrogen) atoms. The first-order valence-corrected chi connectivity index (χ1v) is 5.03. The Bertz CT molecular complexity index is 202. The molecule has 1 aliphatic heterocycles. The predicted octanol–water partition coefficient (Wildman–Crippen LogP) is 2.51. The van der Waals surface area contributed by atoms with Crippen molar-refractivity contribution in [3.05, 3.63) is 23.8 Å². The Morgan fingerprint density at radius 1 is 1.33 bits per heavy atom. The number of hydrogen-bond acceptors (Lipinski definition) is 1. The molecule has 0 unspecified atom stereocenters. The van der Waals surface area contributed by atoms with Gasteiger partial charge in [0.1, 0.15) is 0 Å². The van der Waals surface area contributed by atoms with Crippen LogP contribution in [0.4, 0.5) is 0 Å². The minimum atomic E-state index is 0. The molecular formula is C11H19N. The fourth-order valence-electron chi connectivity index (χ4n) is 2.15. The van der Waals surface area contributed by atoms with Crippen LogP contribution in [0.1, 0.15) is 27.1 Å². The third kappa shape index (κ3) is 1.78. The first kappa shape index (κ1) is 8.06. The molecule has 0 radical (unpaired) electrons. The molecule has 0 aromatic carbocycles. The molecule has 1 aliphatic carbocycles. The maximum atomic E-state index is 3.41. The third-order valence-electron chi connectivity index (χ3n) is 2.91. The highest BCUT2D eigenvalue weighted by molar-refractivity contribution is 5.20. The molecule has 0 saturated carbocycles. The van der Waals surface area contributed by atoms with Gasteiger partial charge in [-0.3, -0.25) is 0 Å². The van der Waals surface area contributed by atoms with Crippen LogP contribution in [0, 0.1) is 5.92 Å². The Morgan fingerprint density at radius 3 is 2.83 bits per heavy atom. The zero-order valence-electron chi connectivity index (χ0n) is 7.55. The van der Waals surface area contributed by atoms with Gasteiger partial charge in [-0.1, -0.05) is 23.8 Å². The monoisotopic (exact) mass is 165 g/mol. The number of hydrogen-bond donors (Lipinski definition) is 1. The molecule has 2 aliphatic rings. The third-order valence-corrected chi connectivity index (χ3v) is 2.91. The number of nitrogens with one attached hydrogen (secondary N) is 1. The minimum Gasteiger partial charge on any atom is -0.317 e. The van der Waals surface area contributed by atoms with Gasteiger partial charge in [-0.15, -0.1) is 0 Å². The van der Waals surface area contributed by atoms with Crippen LogP contribution in [-0.2, 0) is 0 Å². The predicted molar refractivity (Wildman–Crippen MR) is 54.2 cm³/mol. The van der Waals surface area contributed by atoms with Gasteiger partial charge >= 0.3 is 0 Å². The summed E-state index contributed by atoms with van der Waals surface area (Å²) in [6.45, 7) is 2.43. The van der Waals surface area contributed by atoms with Gasteiger partial charge < -0.3 is 5.32 Å². The van der Waals surface area contributed by atoms with E-state index in [1.54, 1.807) is 5.57 Å². The van der Waals surface area contributed by atoms with Gasteiger partial charge in [0.15, 0.2) is 0 Å². The Balaban J connectivity index is 0.000000845. The first-order valence-electron chi connectivity index (χ1n) is 5.03. The Kier molecular flexibility index (Phi) is 2.62. The van der Waals surface area contributed by atoms with Gasteiger partial charge in [0.2, 0.25) is 0 Å². The Morgan fingerprint density at radius 2 is 2.17 bits per heavy atom. The zero-order chi connectivity index (χ0) is 8.23. The first-order chi connectivity index (χ1) is 5.97. The van der Waals surface area contributed by atoms with Crippen LogP contribution < -0.4 is 5.32 Å². The maximum Gasteiger partial charge on any atom is 0 e. The average molecular weight is 165 g/mol. The normalized spacial score (nSPS) is 25.5. The van der Waals surface area contributed by atoms with Crippen LogP contribution in [-0.4, -0.2) is 13.1 Å². The van der Waals surface area contributed by atoms with E-state index in [1.165, 1.54) is 38.8 Å². The molecule has 0 atom stereocenters. The van der Waals surface area contributed by atoms with E-state index >= 15 is 0 Å². The van der Waals surface area contributed by atoms with E-state index in [2.05, 4.69) is 23.5 Å². The van der Waals surface area contributed by atoms with Crippen LogP contribution in [0.25, 0.3) is 0 Å². The second-order valence-corrected chi connectivity index (χ2v) is 3.73. The summed E-state index contributed by atoms with van der Waals surface area (Å²) in [6.07, 6.45) is 12.1. The highest BCUT2D eigenvalue weighted by atomic mass is 14.9. The summed E-state index contributed by atoms with van der Waals surface area (Å²) in [7, 11) is 0. The summed E-state index contributed by atoms with van der Waals surface area (Å²) in [6, 6.07) is 0. The van der Waals surface area contributed by atoms with Gasteiger partial charge in [0.25, 0.3) is 0 Å². The SMILES string of the molecule is C1=CCCC(C2CCNCC2)=C1.[HH]. The van der Waals surface area contributed by atoms with E-state index < -0.39 is 0 Å². The molecule has 1 heterocycles. The quantitative estimate of drug-likeness (QED) is 0.629. The van der Waals surface area contributed by atoms with E-state index in [-0.39, 0.29) is 1.43 Å². The molecule has 1 N–H and O–H groups in total. The van der Waals surface area contributed by atoms with Crippen molar-refractivity contribution in [2.45, 2.75) is 25.7 Å². The summed E-state index contributed by atoms with van der Waals surface area (Å²) in [4.78, 5) is 0. The van der Waals surface area contributed by atoms with Crippen molar-refractivity contribution in [1.82, 2.24) is 5.32 Å². The van der Waals surface area contributed by atoms with Gasteiger partial charge in [0, 0.05) is 1.43 Å². The van der Waals surface area contributed by atoms with Crippen LogP contribution in [0.2, 0.25) is 0 Å². The summed E-state index contributed by atoms with van der Waals surface area (Å²) in [5, 5.41) is 3.41. The molecule has 0 amide bonds. The largest absolute Gasteiger partial charge is 0.317 e. The average Bonchev–Trinajstić information content (AvgIpc) is 2.21. The van der Waals surface area contributed by atoms with Crippen LogP contribution in [0.3, 0.4) is 0 Å². The fourth-order valence-corrected chi connectivity index (χ4v) is 2.15. The molecule has 0 bridgehead atoms. The topological polar surface area (TPSA) is 12.0 Å². The minimum absolute atomic E-state index is 0. The number of allylic oxidation sites excluding steroid dienone is 4. The van der Waals surface area contributed by atoms with Gasteiger partial charge in [-0.05, 0) is 44.7 Å². The van der Waals surface area contributed by atoms with Crippen molar-refractivity contribution in [3.8, 4) is 0 Å². The standard InChI is InChI=1S/C11H17N.H2/c1-2-4-10(5-3-1)11-6-8-12-9-7-11;/h1-2,4,11-12H,3,5-9H2;1H. The van der Waals surface area contributed by atoms with Crippen molar-refractivity contribution < 1.29 is 1.43 Å². The lowest BCUT2D eigenvalue weighted by Gasteiger charge is -2.26. The van der Waals surface area contributed by atoms with E-state index in [9.17, 15) is 0 Å². The summed E-state index contributed by atoms with van der Waals surface area (Å²) in [5.41, 5.74) is 1.69. The summed E-state index contributed by atoms with van der Waals surface area (Å²) >= 11 is 0. The lowest BCUT2D eigenvalue weighted by Crippen LogP contribution is -2.28. The molecule has 1 saturated heterocycles. The Hall–Kier alpha value is -0.560. The number of rotatable bonds is 1. The van der Waals surface area contributed by atoms with E-state index in [4.69, 9.17) is 0 Å². The molecule has 2 rings (SSSR count). The Labute approximate surface area is 76.0 Å². The molecule has 68 valence electrons. The lowest BCUT2D eigenvalue weighted by atomic mass is 9.85. The maximum absolute atomic E-state index is 3.41. The molecule has 1 heteroatoms. The molecule has 1 fully saturated rings. The van der Waals surface area contributed by atoms with Crippen LogP contribution in [0.15, 0.2) is 23.8 Å². The van der Waals surface area contributed by atoms with E-state index in [1.807, 2.05) is 0 Å². The molecule has 0 aromatic rings. The van der Waals surface area contributed by atoms with Gasteiger partial charge in [-0.2, -0.15) is 0 Å². The van der Waals surface area contributed by atoms with Crippen molar-refractivity contribution in [2.24, 2.45) is 5.92 Å². The van der Waals surface area contributed by atoms with E-state index in [0.717, 1.165) is 5.92 Å². The highest BCUT2D eigenvalue weighted by Gasteiger charge is 2.16. The van der Waals surface area contributed by atoms with E-state index in [0.29, 0.717) is 0 Å². The van der Waals surface area contributed by atoms with Crippen LogP contribution in [0.5, 0.6) is 0 Å².